The predicted octanol–water partition coefficient (Wildman–Crippen LogP) is 4.01. The molecule has 6 nitrogen and oxygen atoms in total. The number of imidazole rings is 1. The number of aromatic nitrogens is 2. The molecule has 2 aromatic heterocycles. The van der Waals surface area contributed by atoms with E-state index >= 15 is 0 Å². The number of fused-ring (bicyclic) bond motifs is 1. The minimum Gasteiger partial charge on any atom is -0.465 e. The van der Waals surface area contributed by atoms with Gasteiger partial charge in [-0.15, -0.1) is 0 Å². The van der Waals surface area contributed by atoms with Crippen LogP contribution in [-0.2, 0) is 11.2 Å². The minimum absolute atomic E-state index is 0.299. The van der Waals surface area contributed by atoms with Crippen molar-refractivity contribution >= 4 is 39.1 Å². The Morgan fingerprint density at radius 1 is 1.31 bits per heavy atom. The lowest BCUT2D eigenvalue weighted by atomic mass is 10.1. The highest BCUT2D eigenvalue weighted by Gasteiger charge is 2.21. The molecule has 0 atom stereocenters. The van der Waals surface area contributed by atoms with Crippen molar-refractivity contribution in [2.75, 3.05) is 12.4 Å². The van der Waals surface area contributed by atoms with E-state index in [0.29, 0.717) is 29.1 Å². The molecule has 0 radical (unpaired) electrons. The maximum absolute atomic E-state index is 13.0. The van der Waals surface area contributed by atoms with Crippen LogP contribution in [0.1, 0.15) is 39.0 Å². The van der Waals surface area contributed by atoms with Gasteiger partial charge in [0.25, 0.3) is 5.91 Å². The Hall–Kier alpha value is -2.67. The molecule has 0 saturated heterocycles. The average Bonchev–Trinajstić information content (AvgIpc) is 3.00. The second-order valence-corrected chi connectivity index (χ2v) is 6.70. The summed E-state index contributed by atoms with van der Waals surface area (Å²) in [5.41, 5.74) is 3.53. The number of amides is 1. The van der Waals surface area contributed by atoms with Gasteiger partial charge in [-0.05, 0) is 53.0 Å². The van der Waals surface area contributed by atoms with Crippen molar-refractivity contribution in [1.29, 1.82) is 0 Å². The topological polar surface area (TPSA) is 72.7 Å². The molecule has 3 rings (SSSR count). The van der Waals surface area contributed by atoms with E-state index < -0.39 is 5.97 Å². The van der Waals surface area contributed by atoms with Gasteiger partial charge in [0, 0.05) is 10.7 Å². The van der Waals surface area contributed by atoms with Crippen LogP contribution in [0.25, 0.3) is 5.65 Å². The first kappa shape index (κ1) is 18.1. The number of ether oxygens (including phenoxy) is 1. The van der Waals surface area contributed by atoms with Gasteiger partial charge in [-0.2, -0.15) is 0 Å². The van der Waals surface area contributed by atoms with E-state index in [1.54, 1.807) is 28.7 Å². The van der Waals surface area contributed by atoms with Gasteiger partial charge < -0.3 is 10.1 Å². The van der Waals surface area contributed by atoms with Crippen molar-refractivity contribution in [3.05, 3.63) is 63.5 Å². The van der Waals surface area contributed by atoms with E-state index in [2.05, 4.69) is 26.2 Å². The number of para-hydroxylation sites is 1. The van der Waals surface area contributed by atoms with Gasteiger partial charge in [0.15, 0.2) is 0 Å². The molecule has 0 unspecified atom stereocenters. The van der Waals surface area contributed by atoms with Crippen LogP contribution in [0.15, 0.2) is 41.0 Å². The van der Waals surface area contributed by atoms with Crippen molar-refractivity contribution in [3.8, 4) is 0 Å². The highest BCUT2D eigenvalue weighted by molar-refractivity contribution is 9.10. The first-order valence-corrected chi connectivity index (χ1v) is 8.91. The van der Waals surface area contributed by atoms with Crippen LogP contribution in [0, 0.1) is 6.92 Å². The van der Waals surface area contributed by atoms with Gasteiger partial charge in [0.05, 0.1) is 24.1 Å². The summed E-state index contributed by atoms with van der Waals surface area (Å²) >= 11 is 3.46. The van der Waals surface area contributed by atoms with Crippen molar-refractivity contribution < 1.29 is 14.3 Å². The Morgan fingerprint density at radius 3 is 2.73 bits per heavy atom. The largest absolute Gasteiger partial charge is 0.465 e. The third-order valence-corrected chi connectivity index (χ3v) is 4.51. The van der Waals surface area contributed by atoms with Crippen LogP contribution in [-0.4, -0.2) is 28.4 Å². The molecule has 1 aromatic carbocycles. The van der Waals surface area contributed by atoms with Gasteiger partial charge in [0.2, 0.25) is 0 Å². The monoisotopic (exact) mass is 415 g/mol. The van der Waals surface area contributed by atoms with E-state index in [-0.39, 0.29) is 5.91 Å². The molecule has 1 amide bonds. The summed E-state index contributed by atoms with van der Waals surface area (Å²) in [6.07, 6.45) is 2.43. The highest BCUT2D eigenvalue weighted by atomic mass is 79.9. The van der Waals surface area contributed by atoms with E-state index in [0.717, 1.165) is 15.7 Å². The molecule has 0 spiro atoms. The lowest BCUT2D eigenvalue weighted by Crippen LogP contribution is -2.18. The van der Waals surface area contributed by atoms with Gasteiger partial charge in [-0.25, -0.2) is 9.78 Å². The van der Waals surface area contributed by atoms with E-state index in [1.165, 1.54) is 7.11 Å². The molecule has 0 saturated carbocycles. The highest BCUT2D eigenvalue weighted by Crippen LogP contribution is 2.23. The first-order valence-electron chi connectivity index (χ1n) is 8.12. The molecular formula is C19H18BrN3O3. The van der Waals surface area contributed by atoms with Gasteiger partial charge in [-0.1, -0.05) is 19.1 Å². The van der Waals surface area contributed by atoms with Gasteiger partial charge in [0.1, 0.15) is 11.3 Å². The Bertz CT molecular complexity index is 1010. The Labute approximate surface area is 159 Å². The number of anilines is 1. The number of methoxy groups -OCH3 is 1. The summed E-state index contributed by atoms with van der Waals surface area (Å²) in [5, 5.41) is 2.82. The molecule has 0 aliphatic rings. The van der Waals surface area contributed by atoms with Crippen LogP contribution >= 0.6 is 15.9 Å². The molecule has 0 aliphatic heterocycles. The fourth-order valence-corrected chi connectivity index (χ4v) is 3.41. The number of nitrogens with one attached hydrogen (secondary N) is 1. The summed E-state index contributed by atoms with van der Waals surface area (Å²) in [5.74, 6) is -0.837. The number of halogens is 1. The number of nitrogens with zero attached hydrogens (tertiary/aromatic N) is 2. The van der Waals surface area contributed by atoms with Crippen LogP contribution in [0.2, 0.25) is 0 Å². The predicted molar refractivity (Wildman–Crippen MR) is 103 cm³/mol. The number of carbonyl (C=O) groups excluding carboxylic acids is 2. The summed E-state index contributed by atoms with van der Waals surface area (Å²) < 4.78 is 7.41. The molecule has 26 heavy (non-hydrogen) atoms. The number of carbonyl (C=O) groups is 2. The Kier molecular flexibility index (Phi) is 5.08. The SMILES string of the molecule is CCc1nc2c(C)cc(Br)cn2c1C(=O)Nc1ccccc1C(=O)OC. The Balaban J connectivity index is 2.08. The molecular weight excluding hydrogens is 398 g/mol. The molecule has 1 N–H and O–H groups in total. The first-order chi connectivity index (χ1) is 12.5. The van der Waals surface area contributed by atoms with Crippen LogP contribution in [0.5, 0.6) is 0 Å². The zero-order valence-electron chi connectivity index (χ0n) is 14.7. The third-order valence-electron chi connectivity index (χ3n) is 4.07. The smallest absolute Gasteiger partial charge is 0.339 e. The Morgan fingerprint density at radius 2 is 2.04 bits per heavy atom. The maximum Gasteiger partial charge on any atom is 0.339 e. The zero-order valence-corrected chi connectivity index (χ0v) is 16.3. The molecule has 2 heterocycles. The average molecular weight is 416 g/mol. The molecule has 0 aliphatic carbocycles. The zero-order chi connectivity index (χ0) is 18.8. The van der Waals surface area contributed by atoms with Crippen LogP contribution in [0.4, 0.5) is 5.69 Å². The number of benzene rings is 1. The second-order valence-electron chi connectivity index (χ2n) is 5.79. The standard InChI is InChI=1S/C19H18BrN3O3/c1-4-14-16(23-10-12(20)9-11(2)17(23)21-14)18(24)22-15-8-6-5-7-13(15)19(25)26-3/h5-10H,4H2,1-3H3,(H,22,24). The summed E-state index contributed by atoms with van der Waals surface area (Å²) in [6.45, 7) is 3.89. The number of pyridine rings is 1. The second kappa shape index (κ2) is 7.29. The number of hydrogen-bond donors (Lipinski definition) is 1. The normalized spacial score (nSPS) is 10.8. The summed E-state index contributed by atoms with van der Waals surface area (Å²) in [4.78, 5) is 29.5. The lowest BCUT2D eigenvalue weighted by molar-refractivity contribution is 0.0602. The van der Waals surface area contributed by atoms with E-state index in [4.69, 9.17) is 4.74 Å². The summed E-state index contributed by atoms with van der Waals surface area (Å²) in [6, 6.07) is 8.69. The van der Waals surface area contributed by atoms with Crippen molar-refractivity contribution in [1.82, 2.24) is 9.38 Å². The molecule has 134 valence electrons. The lowest BCUT2D eigenvalue weighted by Gasteiger charge is -2.10. The molecule has 7 heteroatoms. The van der Waals surface area contributed by atoms with Gasteiger partial charge in [-0.3, -0.25) is 9.20 Å². The summed E-state index contributed by atoms with van der Waals surface area (Å²) in [7, 11) is 1.31. The van der Waals surface area contributed by atoms with Crippen molar-refractivity contribution in [2.24, 2.45) is 0 Å². The molecule has 3 aromatic rings. The maximum atomic E-state index is 13.0. The van der Waals surface area contributed by atoms with E-state index in [1.807, 2.05) is 26.1 Å². The quantitative estimate of drug-likeness (QED) is 0.653. The third kappa shape index (κ3) is 3.22. The fraction of sp³-hybridized carbons (Fsp3) is 0.211. The number of aryl methyl sites for hydroxylation is 2. The number of esters is 1. The molecule has 0 fully saturated rings. The fourth-order valence-electron chi connectivity index (χ4n) is 2.86. The minimum atomic E-state index is -0.506. The number of hydrogen-bond acceptors (Lipinski definition) is 4. The molecule has 0 bridgehead atoms. The number of rotatable bonds is 4. The van der Waals surface area contributed by atoms with Crippen LogP contribution < -0.4 is 5.32 Å². The van der Waals surface area contributed by atoms with Crippen molar-refractivity contribution in [2.45, 2.75) is 20.3 Å². The van der Waals surface area contributed by atoms with Crippen LogP contribution in [0.3, 0.4) is 0 Å². The van der Waals surface area contributed by atoms with E-state index in [9.17, 15) is 9.59 Å². The van der Waals surface area contributed by atoms with Crippen molar-refractivity contribution in [3.63, 3.8) is 0 Å². The van der Waals surface area contributed by atoms with Gasteiger partial charge >= 0.3 is 5.97 Å².